The summed E-state index contributed by atoms with van der Waals surface area (Å²) in [5.41, 5.74) is 1.53. The number of nitrogens with zero attached hydrogens (tertiary/aromatic N) is 1. The number of rotatable bonds is 6. The first-order valence-corrected chi connectivity index (χ1v) is 10.0. The van der Waals surface area contributed by atoms with Gasteiger partial charge in [-0.05, 0) is 31.0 Å². The minimum Gasteiger partial charge on any atom is -0.361 e. The molecule has 0 N–H and O–H groups in total. The molecule has 126 valence electrons. The Kier molecular flexibility index (Phi) is 4.90. The van der Waals surface area contributed by atoms with Gasteiger partial charge in [-0.15, -0.1) is 3.89 Å². The third kappa shape index (κ3) is 4.38. The Bertz CT molecular complexity index is 899. The Hall–Kier alpha value is -1.74. The van der Waals surface area contributed by atoms with Crippen molar-refractivity contribution in [1.29, 1.82) is 0 Å². The van der Waals surface area contributed by atoms with E-state index in [1.807, 2.05) is 6.92 Å². The molecule has 0 radical (unpaired) electrons. The lowest BCUT2D eigenvalue weighted by Crippen LogP contribution is -2.09. The fourth-order valence-electron chi connectivity index (χ4n) is 2.17. The topological polar surface area (TPSA) is 94.3 Å². The van der Waals surface area contributed by atoms with Gasteiger partial charge in [0.25, 0.3) is 0 Å². The second-order valence-corrected chi connectivity index (χ2v) is 8.54. The lowest BCUT2D eigenvalue weighted by molar-refractivity contribution is 0.390. The van der Waals surface area contributed by atoms with Crippen molar-refractivity contribution in [2.45, 2.75) is 36.7 Å². The molecule has 9 heteroatoms. The highest BCUT2D eigenvalue weighted by Gasteiger charge is 2.20. The van der Waals surface area contributed by atoms with Crippen LogP contribution in [0.5, 0.6) is 0 Å². The van der Waals surface area contributed by atoms with E-state index >= 15 is 0 Å². The van der Waals surface area contributed by atoms with Gasteiger partial charge in [-0.2, -0.15) is 8.42 Å². The summed E-state index contributed by atoms with van der Waals surface area (Å²) in [5, 5.41) is 3.82. The third-order valence-corrected chi connectivity index (χ3v) is 5.69. The number of hydrogen-bond acceptors (Lipinski definition) is 6. The summed E-state index contributed by atoms with van der Waals surface area (Å²) in [5.74, 6) is -0.0357. The summed E-state index contributed by atoms with van der Waals surface area (Å²) in [4.78, 5) is -0.498. The van der Waals surface area contributed by atoms with E-state index in [-0.39, 0.29) is 11.5 Å². The van der Waals surface area contributed by atoms with Crippen molar-refractivity contribution >= 4 is 20.1 Å². The molecule has 0 amide bonds. The summed E-state index contributed by atoms with van der Waals surface area (Å²) >= 11 is 0. The zero-order valence-electron chi connectivity index (χ0n) is 12.6. The summed E-state index contributed by atoms with van der Waals surface area (Å²) in [6.07, 6.45) is 0.561. The van der Waals surface area contributed by atoms with Crippen molar-refractivity contribution < 1.29 is 25.2 Å². The van der Waals surface area contributed by atoms with Crippen LogP contribution in [0.2, 0.25) is 0 Å². The van der Waals surface area contributed by atoms with E-state index in [1.54, 1.807) is 6.92 Å². The van der Waals surface area contributed by atoms with Crippen molar-refractivity contribution in [3.8, 4) is 0 Å². The van der Waals surface area contributed by atoms with E-state index in [2.05, 4.69) is 5.16 Å². The molecule has 23 heavy (non-hydrogen) atoms. The van der Waals surface area contributed by atoms with Gasteiger partial charge in [-0.25, -0.2) is 8.42 Å². The summed E-state index contributed by atoms with van der Waals surface area (Å²) in [6, 6.07) is 4.65. The van der Waals surface area contributed by atoms with Crippen LogP contribution in [0.3, 0.4) is 0 Å². The Balaban J connectivity index is 2.20. The van der Waals surface area contributed by atoms with Crippen LogP contribution in [-0.2, 0) is 38.0 Å². The SMILES string of the molecule is CCc1noc(C)c1CS(=O)(=O)Cc1ccc(S(=O)(=O)F)cc1. The predicted octanol–water partition coefficient (Wildman–Crippen LogP) is 2.32. The summed E-state index contributed by atoms with van der Waals surface area (Å²) in [6.45, 7) is 3.50. The van der Waals surface area contributed by atoms with Crippen molar-refractivity contribution in [2.24, 2.45) is 0 Å². The number of aryl methyl sites for hydroxylation is 2. The molecule has 2 aromatic rings. The minimum absolute atomic E-state index is 0.214. The fourth-order valence-corrected chi connectivity index (χ4v) is 4.25. The number of hydrogen-bond donors (Lipinski definition) is 0. The van der Waals surface area contributed by atoms with Crippen LogP contribution in [0.4, 0.5) is 3.89 Å². The van der Waals surface area contributed by atoms with Gasteiger partial charge in [0.05, 0.1) is 22.1 Å². The molecular formula is C14H16FNO5S2. The molecule has 0 unspecified atom stereocenters. The van der Waals surface area contributed by atoms with Crippen LogP contribution in [0, 0.1) is 6.92 Å². The number of halogens is 1. The van der Waals surface area contributed by atoms with Crippen molar-refractivity contribution in [3.05, 3.63) is 46.8 Å². The second-order valence-electron chi connectivity index (χ2n) is 5.13. The van der Waals surface area contributed by atoms with E-state index in [4.69, 9.17) is 4.52 Å². The van der Waals surface area contributed by atoms with Crippen LogP contribution in [-0.4, -0.2) is 22.0 Å². The van der Waals surface area contributed by atoms with Gasteiger partial charge in [0.2, 0.25) is 0 Å². The zero-order chi connectivity index (χ0) is 17.3. The van der Waals surface area contributed by atoms with Crippen LogP contribution in [0.25, 0.3) is 0 Å². The molecule has 0 aliphatic rings. The molecule has 0 bridgehead atoms. The molecule has 1 aromatic carbocycles. The van der Waals surface area contributed by atoms with Crippen LogP contribution >= 0.6 is 0 Å². The van der Waals surface area contributed by atoms with Gasteiger partial charge >= 0.3 is 10.2 Å². The first kappa shape index (κ1) is 17.6. The van der Waals surface area contributed by atoms with Crippen molar-refractivity contribution in [3.63, 3.8) is 0 Å². The van der Waals surface area contributed by atoms with Gasteiger partial charge in [0, 0.05) is 5.56 Å². The van der Waals surface area contributed by atoms with E-state index < -0.39 is 25.0 Å². The standard InChI is InChI=1S/C14H16FNO5S2/c1-3-14-13(10(2)21-16-14)9-22(17,18)8-11-4-6-12(7-5-11)23(15,19)20/h4-7H,3,8-9H2,1-2H3. The van der Waals surface area contributed by atoms with Gasteiger partial charge in [-0.3, -0.25) is 0 Å². The van der Waals surface area contributed by atoms with Crippen LogP contribution in [0.1, 0.15) is 29.5 Å². The Morgan fingerprint density at radius 2 is 1.70 bits per heavy atom. The fraction of sp³-hybridized carbons (Fsp3) is 0.357. The van der Waals surface area contributed by atoms with E-state index in [1.165, 1.54) is 12.1 Å². The van der Waals surface area contributed by atoms with Crippen molar-refractivity contribution in [1.82, 2.24) is 5.16 Å². The summed E-state index contributed by atoms with van der Waals surface area (Å²) < 4.78 is 63.9. The van der Waals surface area contributed by atoms with Gasteiger partial charge in [-0.1, -0.05) is 24.2 Å². The molecule has 0 saturated carbocycles. The highest BCUT2D eigenvalue weighted by Crippen LogP contribution is 2.20. The molecule has 0 saturated heterocycles. The molecule has 0 aliphatic carbocycles. The normalized spacial score (nSPS) is 12.5. The maximum absolute atomic E-state index is 12.8. The third-order valence-electron chi connectivity index (χ3n) is 3.36. The highest BCUT2D eigenvalue weighted by atomic mass is 32.3. The maximum Gasteiger partial charge on any atom is 0.332 e. The highest BCUT2D eigenvalue weighted by molar-refractivity contribution is 7.89. The lowest BCUT2D eigenvalue weighted by Gasteiger charge is -2.05. The molecule has 6 nitrogen and oxygen atoms in total. The average Bonchev–Trinajstić information content (AvgIpc) is 2.78. The minimum atomic E-state index is -4.79. The lowest BCUT2D eigenvalue weighted by atomic mass is 10.2. The van der Waals surface area contributed by atoms with Gasteiger partial charge in [0.15, 0.2) is 9.84 Å². The first-order valence-electron chi connectivity index (χ1n) is 6.80. The van der Waals surface area contributed by atoms with Crippen LogP contribution < -0.4 is 0 Å². The molecule has 0 spiro atoms. The number of sulfone groups is 1. The Labute approximate surface area is 134 Å². The van der Waals surface area contributed by atoms with Gasteiger partial charge in [0.1, 0.15) is 5.76 Å². The smallest absolute Gasteiger partial charge is 0.332 e. The molecule has 1 heterocycles. The number of aromatic nitrogens is 1. The Morgan fingerprint density at radius 3 is 2.22 bits per heavy atom. The van der Waals surface area contributed by atoms with Crippen molar-refractivity contribution in [2.75, 3.05) is 0 Å². The number of benzene rings is 1. The van der Waals surface area contributed by atoms with E-state index in [9.17, 15) is 20.7 Å². The molecular weight excluding hydrogens is 345 g/mol. The second kappa shape index (κ2) is 6.40. The molecule has 0 fully saturated rings. The maximum atomic E-state index is 12.8. The molecule has 0 atom stereocenters. The van der Waals surface area contributed by atoms with E-state index in [0.717, 1.165) is 12.1 Å². The average molecular weight is 361 g/mol. The first-order chi connectivity index (χ1) is 10.6. The summed E-state index contributed by atoms with van der Waals surface area (Å²) in [7, 11) is -8.29. The predicted molar refractivity (Wildman–Crippen MR) is 81.7 cm³/mol. The Morgan fingerprint density at radius 1 is 1.09 bits per heavy atom. The molecule has 1 aromatic heterocycles. The molecule has 0 aliphatic heterocycles. The van der Waals surface area contributed by atoms with E-state index in [0.29, 0.717) is 29.0 Å². The zero-order valence-corrected chi connectivity index (χ0v) is 14.2. The monoisotopic (exact) mass is 361 g/mol. The largest absolute Gasteiger partial charge is 0.361 e. The van der Waals surface area contributed by atoms with Gasteiger partial charge < -0.3 is 4.52 Å². The van der Waals surface area contributed by atoms with Crippen LogP contribution in [0.15, 0.2) is 33.7 Å². The quantitative estimate of drug-likeness (QED) is 0.733. The molecule has 2 rings (SSSR count).